The number of nitrogens with zero attached hydrogens (tertiary/aromatic N) is 3. The van der Waals surface area contributed by atoms with Gasteiger partial charge in [-0.1, -0.05) is 4.98 Å². The molecule has 0 aliphatic carbocycles. The third-order valence-electron chi connectivity index (χ3n) is 1.30. The maximum atomic E-state index is 10.2. The summed E-state index contributed by atoms with van der Waals surface area (Å²) in [6.07, 6.45) is 1.11. The highest BCUT2D eigenvalue weighted by atomic mass is 16.6. The number of hydrogen-bond acceptors (Lipinski definition) is 4. The van der Waals surface area contributed by atoms with Gasteiger partial charge in [-0.25, -0.2) is 4.57 Å². The van der Waals surface area contributed by atoms with Crippen molar-refractivity contribution in [1.29, 1.82) is 0 Å². The molecule has 0 bridgehead atoms. The number of hydrogen-bond donors (Lipinski definition) is 1. The largest absolute Gasteiger partial charge is 0.434 e. The summed E-state index contributed by atoms with van der Waals surface area (Å²) in [5.41, 5.74) is 0.0988. The van der Waals surface area contributed by atoms with E-state index in [1.807, 2.05) is 0 Å². The van der Waals surface area contributed by atoms with Crippen LogP contribution in [0.5, 0.6) is 0 Å². The fraction of sp³-hybridized carbons (Fsp3) is 0.400. The highest BCUT2D eigenvalue weighted by Crippen LogP contribution is 2.09. The van der Waals surface area contributed by atoms with Crippen molar-refractivity contribution >= 4 is 5.95 Å². The van der Waals surface area contributed by atoms with Gasteiger partial charge in [0.25, 0.3) is 0 Å². The minimum Gasteiger partial charge on any atom is -0.390 e. The van der Waals surface area contributed by atoms with E-state index in [4.69, 9.17) is 6.48 Å². The van der Waals surface area contributed by atoms with Crippen LogP contribution in [0, 0.1) is 10.1 Å². The summed E-state index contributed by atoms with van der Waals surface area (Å²) in [5, 5.41) is 19.0. The molecule has 1 rings (SSSR count). The molecular formula is C5H7N3O3. The molecule has 11 heavy (non-hydrogen) atoms. The van der Waals surface area contributed by atoms with E-state index in [0.29, 0.717) is 0 Å². The quantitative estimate of drug-likeness (QED) is 0.478. The van der Waals surface area contributed by atoms with Gasteiger partial charge in [-0.05, 0) is 4.92 Å². The average molecular weight is 158 g/mol. The highest BCUT2D eigenvalue weighted by Gasteiger charge is 2.15. The first-order valence-electron chi connectivity index (χ1n) is 3.38. The van der Waals surface area contributed by atoms with E-state index in [2.05, 4.69) is 4.98 Å². The molecule has 1 atom stereocenters. The normalized spacial score (nSPS) is 14.2. The van der Waals surface area contributed by atoms with E-state index in [1.165, 1.54) is 7.05 Å². The van der Waals surface area contributed by atoms with Gasteiger partial charge < -0.3 is 15.2 Å². The van der Waals surface area contributed by atoms with E-state index in [9.17, 15) is 10.1 Å². The molecule has 6 nitrogen and oxygen atoms in total. The van der Waals surface area contributed by atoms with Gasteiger partial charge in [0, 0.05) is 0 Å². The summed E-state index contributed by atoms with van der Waals surface area (Å²) in [6, 6.07) is 0. The Hall–Kier alpha value is -1.43. The van der Waals surface area contributed by atoms with E-state index < -0.39 is 11.5 Å². The van der Waals surface area contributed by atoms with Crippen LogP contribution in [0.25, 0.3) is 0 Å². The lowest BCUT2D eigenvalue weighted by Crippen LogP contribution is -2.01. The topological polar surface area (TPSA) is 81.2 Å². The Bertz CT molecular complexity index is 309. The molecule has 0 spiro atoms. The molecule has 60 valence electrons. The minimum atomic E-state index is -1.49. The first-order valence-corrected chi connectivity index (χ1v) is 2.80. The van der Waals surface area contributed by atoms with Crippen molar-refractivity contribution < 1.29 is 11.4 Å². The standard InChI is InChI=1S/C5H7N3O3/c1-7-4(3-9)2-6-5(7)8(10)11/h2,9H,3H2,1H3/i3D. The van der Waals surface area contributed by atoms with E-state index in [0.717, 1.165) is 10.8 Å². The monoisotopic (exact) mass is 158 g/mol. The molecule has 0 saturated carbocycles. The molecule has 0 saturated heterocycles. The molecule has 0 aromatic carbocycles. The summed E-state index contributed by atoms with van der Waals surface area (Å²) >= 11 is 0. The van der Waals surface area contributed by atoms with Gasteiger partial charge >= 0.3 is 5.95 Å². The number of aromatic nitrogens is 2. The van der Waals surface area contributed by atoms with Crippen molar-refractivity contribution in [3.05, 3.63) is 22.0 Å². The average Bonchev–Trinajstić information content (AvgIpc) is 2.30. The van der Waals surface area contributed by atoms with Crippen molar-refractivity contribution in [2.75, 3.05) is 0 Å². The number of aliphatic hydroxyl groups excluding tert-OH is 1. The van der Waals surface area contributed by atoms with Crippen LogP contribution in [0.4, 0.5) is 5.95 Å². The summed E-state index contributed by atoms with van der Waals surface area (Å²) in [4.78, 5) is 13.0. The van der Waals surface area contributed by atoms with Gasteiger partial charge in [-0.3, -0.25) is 0 Å². The molecule has 0 amide bonds. The zero-order valence-electron chi connectivity index (χ0n) is 6.76. The summed E-state index contributed by atoms with van der Waals surface area (Å²) in [5.74, 6) is -0.378. The molecule has 1 aromatic rings. The van der Waals surface area contributed by atoms with Crippen molar-refractivity contribution in [3.63, 3.8) is 0 Å². The van der Waals surface area contributed by atoms with Crippen LogP contribution in [-0.4, -0.2) is 19.6 Å². The van der Waals surface area contributed by atoms with Crippen molar-refractivity contribution in [2.45, 2.75) is 6.58 Å². The molecule has 0 aliphatic heterocycles. The lowest BCUT2D eigenvalue weighted by Gasteiger charge is -1.94. The first-order chi connectivity index (χ1) is 5.54. The Labute approximate surface area is 63.7 Å². The maximum absolute atomic E-state index is 10.2. The molecule has 1 aromatic heterocycles. The van der Waals surface area contributed by atoms with Crippen LogP contribution in [0.3, 0.4) is 0 Å². The number of aliphatic hydroxyl groups is 1. The van der Waals surface area contributed by atoms with Crippen LogP contribution >= 0.6 is 0 Å². The summed E-state index contributed by atoms with van der Waals surface area (Å²) < 4.78 is 7.95. The zero-order valence-corrected chi connectivity index (χ0v) is 5.76. The molecule has 1 heterocycles. The third kappa shape index (κ3) is 1.20. The second kappa shape index (κ2) is 2.67. The Morgan fingerprint density at radius 3 is 3.00 bits per heavy atom. The van der Waals surface area contributed by atoms with E-state index in [1.54, 1.807) is 0 Å². The number of imidazole rings is 1. The van der Waals surface area contributed by atoms with Crippen LogP contribution in [0.1, 0.15) is 7.06 Å². The van der Waals surface area contributed by atoms with Gasteiger partial charge in [-0.15, -0.1) is 0 Å². The van der Waals surface area contributed by atoms with E-state index >= 15 is 0 Å². The fourth-order valence-corrected chi connectivity index (χ4v) is 0.702. The first kappa shape index (κ1) is 6.29. The highest BCUT2D eigenvalue weighted by molar-refractivity contribution is 5.13. The maximum Gasteiger partial charge on any atom is 0.434 e. The van der Waals surface area contributed by atoms with Crippen molar-refractivity contribution in [1.82, 2.24) is 9.55 Å². The summed E-state index contributed by atoms with van der Waals surface area (Å²) in [7, 11) is 1.37. The predicted molar refractivity (Wildman–Crippen MR) is 35.8 cm³/mol. The third-order valence-corrected chi connectivity index (χ3v) is 1.30. The SMILES string of the molecule is [2H]C(O)c1cnc([N+](=O)[O-])n1C. The molecule has 6 heteroatoms. The zero-order chi connectivity index (χ0) is 9.30. The van der Waals surface area contributed by atoms with Gasteiger partial charge in [-0.2, -0.15) is 0 Å². The second-order valence-corrected chi connectivity index (χ2v) is 1.93. The van der Waals surface area contributed by atoms with Crippen molar-refractivity contribution in [2.24, 2.45) is 7.05 Å². The van der Waals surface area contributed by atoms with Crippen LogP contribution < -0.4 is 0 Å². The fourth-order valence-electron chi connectivity index (χ4n) is 0.702. The smallest absolute Gasteiger partial charge is 0.390 e. The van der Waals surface area contributed by atoms with Gasteiger partial charge in [0.2, 0.25) is 0 Å². The van der Waals surface area contributed by atoms with Crippen molar-refractivity contribution in [3.8, 4) is 0 Å². The lowest BCUT2D eigenvalue weighted by molar-refractivity contribution is -0.396. The Balaban J connectivity index is 3.13. The van der Waals surface area contributed by atoms with Crippen LogP contribution in [0.2, 0.25) is 0 Å². The molecular weight excluding hydrogens is 150 g/mol. The lowest BCUT2D eigenvalue weighted by atomic mass is 10.5. The molecule has 1 unspecified atom stereocenters. The minimum absolute atomic E-state index is 0.0988. The predicted octanol–water partition coefficient (Wildman–Crippen LogP) is -0.179. The molecule has 0 aliphatic rings. The molecule has 0 radical (unpaired) electrons. The Morgan fingerprint density at radius 2 is 2.73 bits per heavy atom. The van der Waals surface area contributed by atoms with Gasteiger partial charge in [0.1, 0.15) is 18.5 Å². The second-order valence-electron chi connectivity index (χ2n) is 1.93. The number of rotatable bonds is 2. The van der Waals surface area contributed by atoms with Gasteiger partial charge in [0.05, 0.1) is 8.42 Å². The molecule has 0 fully saturated rings. The van der Waals surface area contributed by atoms with Gasteiger partial charge in [0.15, 0.2) is 0 Å². The van der Waals surface area contributed by atoms with Crippen LogP contribution in [0.15, 0.2) is 6.20 Å². The Morgan fingerprint density at radius 1 is 2.09 bits per heavy atom. The molecule has 1 N–H and O–H groups in total. The van der Waals surface area contributed by atoms with Crippen LogP contribution in [-0.2, 0) is 13.6 Å². The Kier molecular flexibility index (Phi) is 1.53. The summed E-state index contributed by atoms with van der Waals surface area (Å²) in [6.45, 7) is -1.49. The number of nitro groups is 1. The van der Waals surface area contributed by atoms with E-state index in [-0.39, 0.29) is 11.6 Å².